The van der Waals surface area contributed by atoms with E-state index in [0.717, 1.165) is 33.6 Å². The molecule has 2 rings (SSSR count). The number of hydrogen-bond acceptors (Lipinski definition) is 3. The van der Waals surface area contributed by atoms with Crippen LogP contribution >= 0.6 is 15.9 Å². The third-order valence-corrected chi connectivity index (χ3v) is 3.05. The van der Waals surface area contributed by atoms with Gasteiger partial charge in [0.15, 0.2) is 0 Å². The topological polar surface area (TPSA) is 66.7 Å². The smallest absolute Gasteiger partial charge is 0.0539 e. The number of aromatic amines is 1. The molecule has 1 aromatic carbocycles. The molecular formula is C11H13BrN4. The van der Waals surface area contributed by atoms with Gasteiger partial charge in [0.1, 0.15) is 0 Å². The zero-order chi connectivity index (χ0) is 11.5. The predicted octanol–water partition coefficient (Wildman–Crippen LogP) is 2.67. The summed E-state index contributed by atoms with van der Waals surface area (Å²) < 4.78 is 0.966. The van der Waals surface area contributed by atoms with Crippen LogP contribution in [0.5, 0.6) is 0 Å². The lowest BCUT2D eigenvalue weighted by atomic mass is 10.2. The van der Waals surface area contributed by atoms with E-state index in [1.807, 2.05) is 31.3 Å². The van der Waals surface area contributed by atoms with E-state index in [1.54, 1.807) is 0 Å². The van der Waals surface area contributed by atoms with Gasteiger partial charge in [0.25, 0.3) is 0 Å². The summed E-state index contributed by atoms with van der Waals surface area (Å²) in [5.41, 5.74) is 9.68. The van der Waals surface area contributed by atoms with E-state index in [9.17, 15) is 0 Å². The third kappa shape index (κ3) is 2.36. The molecular weight excluding hydrogens is 268 g/mol. The van der Waals surface area contributed by atoms with Crippen molar-refractivity contribution < 1.29 is 0 Å². The van der Waals surface area contributed by atoms with Crippen LogP contribution in [-0.2, 0) is 6.54 Å². The highest BCUT2D eigenvalue weighted by atomic mass is 79.9. The van der Waals surface area contributed by atoms with Crippen LogP contribution in [-0.4, -0.2) is 10.2 Å². The molecule has 0 saturated heterocycles. The number of nitrogens with one attached hydrogen (secondary N) is 2. The van der Waals surface area contributed by atoms with Gasteiger partial charge in [-0.2, -0.15) is 5.10 Å². The number of nitrogen functional groups attached to an aromatic ring is 1. The fourth-order valence-corrected chi connectivity index (χ4v) is 1.96. The maximum Gasteiger partial charge on any atom is 0.0539 e. The Morgan fingerprint density at radius 1 is 1.50 bits per heavy atom. The van der Waals surface area contributed by atoms with E-state index in [2.05, 4.69) is 31.4 Å². The van der Waals surface area contributed by atoms with Crippen molar-refractivity contribution in [3.05, 3.63) is 40.1 Å². The molecule has 0 spiro atoms. The number of rotatable bonds is 3. The molecule has 0 fully saturated rings. The minimum atomic E-state index is 0.741. The van der Waals surface area contributed by atoms with Gasteiger partial charge in [-0.25, -0.2) is 0 Å². The van der Waals surface area contributed by atoms with Crippen molar-refractivity contribution in [2.75, 3.05) is 11.1 Å². The second-order valence-corrected chi connectivity index (χ2v) is 4.47. The van der Waals surface area contributed by atoms with Crippen molar-refractivity contribution >= 4 is 27.3 Å². The number of benzene rings is 1. The van der Waals surface area contributed by atoms with Gasteiger partial charge < -0.3 is 11.1 Å². The van der Waals surface area contributed by atoms with Gasteiger partial charge in [0.2, 0.25) is 0 Å². The number of hydrogen-bond donors (Lipinski definition) is 3. The standard InChI is InChI=1S/C11H13BrN4/c1-7-8(6-15-16-7)5-14-11-3-2-9(13)4-10(11)12/h2-4,6,14H,5,13H2,1H3,(H,15,16). The first-order valence-corrected chi connectivity index (χ1v) is 5.74. The molecule has 5 heteroatoms. The Morgan fingerprint density at radius 2 is 2.31 bits per heavy atom. The van der Waals surface area contributed by atoms with Crippen molar-refractivity contribution in [1.82, 2.24) is 10.2 Å². The van der Waals surface area contributed by atoms with Crippen molar-refractivity contribution in [2.24, 2.45) is 0 Å². The molecule has 1 heterocycles. The number of halogens is 1. The average Bonchev–Trinajstić information content (AvgIpc) is 2.63. The summed E-state index contributed by atoms with van der Waals surface area (Å²) in [6, 6.07) is 5.70. The molecule has 4 nitrogen and oxygen atoms in total. The van der Waals surface area contributed by atoms with E-state index < -0.39 is 0 Å². The predicted molar refractivity (Wildman–Crippen MR) is 69.2 cm³/mol. The van der Waals surface area contributed by atoms with Crippen LogP contribution in [0.3, 0.4) is 0 Å². The Morgan fingerprint density at radius 3 is 2.94 bits per heavy atom. The first-order chi connectivity index (χ1) is 7.66. The monoisotopic (exact) mass is 280 g/mol. The van der Waals surface area contributed by atoms with Gasteiger partial charge in [-0.05, 0) is 41.1 Å². The molecule has 0 saturated carbocycles. The van der Waals surface area contributed by atoms with Crippen LogP contribution in [0, 0.1) is 6.92 Å². The number of aromatic nitrogens is 2. The highest BCUT2D eigenvalue weighted by Crippen LogP contribution is 2.25. The maximum absolute atomic E-state index is 5.67. The Bertz CT molecular complexity index is 492. The van der Waals surface area contributed by atoms with Crippen LogP contribution in [0.15, 0.2) is 28.9 Å². The molecule has 0 aliphatic carbocycles. The van der Waals surface area contributed by atoms with Crippen LogP contribution in [0.2, 0.25) is 0 Å². The van der Waals surface area contributed by atoms with Crippen molar-refractivity contribution in [3.8, 4) is 0 Å². The first kappa shape index (κ1) is 11.0. The summed E-state index contributed by atoms with van der Waals surface area (Å²) in [7, 11) is 0. The van der Waals surface area contributed by atoms with Crippen molar-refractivity contribution in [1.29, 1.82) is 0 Å². The fourth-order valence-electron chi connectivity index (χ4n) is 1.42. The molecule has 0 bridgehead atoms. The third-order valence-electron chi connectivity index (χ3n) is 2.40. The summed E-state index contributed by atoms with van der Waals surface area (Å²) >= 11 is 3.46. The minimum Gasteiger partial charge on any atom is -0.399 e. The van der Waals surface area contributed by atoms with Crippen LogP contribution in [0.25, 0.3) is 0 Å². The molecule has 2 aromatic rings. The lowest BCUT2D eigenvalue weighted by molar-refractivity contribution is 1.04. The average molecular weight is 281 g/mol. The normalized spacial score (nSPS) is 10.4. The maximum atomic E-state index is 5.67. The summed E-state index contributed by atoms with van der Waals surface area (Å²) in [6.45, 7) is 2.74. The molecule has 0 aliphatic heterocycles. The quantitative estimate of drug-likeness (QED) is 0.758. The van der Waals surface area contributed by atoms with Gasteiger partial charge in [-0.1, -0.05) is 0 Å². The number of aryl methyl sites for hydroxylation is 1. The second kappa shape index (κ2) is 4.57. The van der Waals surface area contributed by atoms with Crippen molar-refractivity contribution in [3.63, 3.8) is 0 Å². The molecule has 1 aromatic heterocycles. The fraction of sp³-hybridized carbons (Fsp3) is 0.182. The Hall–Kier alpha value is -1.49. The number of H-pyrrole nitrogens is 1. The Balaban J connectivity index is 2.08. The molecule has 84 valence electrons. The first-order valence-electron chi connectivity index (χ1n) is 4.94. The van der Waals surface area contributed by atoms with Crippen LogP contribution < -0.4 is 11.1 Å². The molecule has 0 aliphatic rings. The van der Waals surface area contributed by atoms with Crippen LogP contribution in [0.4, 0.5) is 11.4 Å². The van der Waals surface area contributed by atoms with E-state index in [1.165, 1.54) is 0 Å². The van der Waals surface area contributed by atoms with Gasteiger partial charge in [-0.15, -0.1) is 0 Å². The number of anilines is 2. The second-order valence-electron chi connectivity index (χ2n) is 3.61. The van der Waals surface area contributed by atoms with Gasteiger partial charge in [0.05, 0.1) is 6.20 Å². The SMILES string of the molecule is Cc1[nH]ncc1CNc1ccc(N)cc1Br. The highest BCUT2D eigenvalue weighted by molar-refractivity contribution is 9.10. The van der Waals surface area contributed by atoms with E-state index in [0.29, 0.717) is 0 Å². The summed E-state index contributed by atoms with van der Waals surface area (Å²) in [4.78, 5) is 0. The zero-order valence-electron chi connectivity index (χ0n) is 8.92. The molecule has 0 amide bonds. The summed E-state index contributed by atoms with van der Waals surface area (Å²) in [5, 5.41) is 10.2. The number of nitrogens with zero attached hydrogens (tertiary/aromatic N) is 1. The molecule has 0 unspecified atom stereocenters. The van der Waals surface area contributed by atoms with Crippen molar-refractivity contribution in [2.45, 2.75) is 13.5 Å². The molecule has 4 N–H and O–H groups in total. The molecule has 16 heavy (non-hydrogen) atoms. The minimum absolute atomic E-state index is 0.741. The largest absolute Gasteiger partial charge is 0.399 e. The summed E-state index contributed by atoms with van der Waals surface area (Å²) in [5.74, 6) is 0. The van der Waals surface area contributed by atoms with Crippen LogP contribution in [0.1, 0.15) is 11.3 Å². The van der Waals surface area contributed by atoms with E-state index in [-0.39, 0.29) is 0 Å². The summed E-state index contributed by atoms with van der Waals surface area (Å²) in [6.07, 6.45) is 1.83. The van der Waals surface area contributed by atoms with E-state index >= 15 is 0 Å². The van der Waals surface area contributed by atoms with Gasteiger partial charge in [0, 0.05) is 33.6 Å². The lowest BCUT2D eigenvalue weighted by Gasteiger charge is -2.08. The Labute approximate surface area is 102 Å². The zero-order valence-corrected chi connectivity index (χ0v) is 10.5. The molecule has 0 atom stereocenters. The lowest BCUT2D eigenvalue weighted by Crippen LogP contribution is -2.00. The van der Waals surface area contributed by atoms with Gasteiger partial charge in [-0.3, -0.25) is 5.10 Å². The highest BCUT2D eigenvalue weighted by Gasteiger charge is 2.02. The Kier molecular flexibility index (Phi) is 3.14. The van der Waals surface area contributed by atoms with E-state index in [4.69, 9.17) is 5.73 Å². The number of nitrogens with two attached hydrogens (primary N) is 1. The molecule has 0 radical (unpaired) electrons. The van der Waals surface area contributed by atoms with Gasteiger partial charge >= 0.3 is 0 Å².